The van der Waals surface area contributed by atoms with Crippen LogP contribution in [0.15, 0.2) is 15.4 Å². The van der Waals surface area contributed by atoms with Crippen molar-refractivity contribution in [2.75, 3.05) is 5.32 Å². The Balaban J connectivity index is 3.11. The fourth-order valence-corrected chi connectivity index (χ4v) is 3.07. The number of nitrogens with zero attached hydrogens (tertiary/aromatic N) is 3. The molecule has 0 aliphatic heterocycles. The van der Waals surface area contributed by atoms with Gasteiger partial charge in [-0.15, -0.1) is 0 Å². The van der Waals surface area contributed by atoms with Crippen LogP contribution in [-0.2, 0) is 4.79 Å². The van der Waals surface area contributed by atoms with E-state index in [9.17, 15) is 14.7 Å². The Hall–Kier alpha value is -1.22. The number of anilines is 1. The second-order valence-electron chi connectivity index (χ2n) is 6.13. The molecule has 0 bridgehead atoms. The number of nitrogens with one attached hydrogen (secondary N) is 1. The number of halogens is 2. The highest BCUT2D eigenvalue weighted by molar-refractivity contribution is 9.11. The van der Waals surface area contributed by atoms with E-state index in [1.165, 1.54) is 6.20 Å². The van der Waals surface area contributed by atoms with Gasteiger partial charge in [0.05, 0.1) is 6.20 Å². The highest BCUT2D eigenvalue weighted by Gasteiger charge is 2.44. The third-order valence-electron chi connectivity index (χ3n) is 2.91. The van der Waals surface area contributed by atoms with Crippen LogP contribution >= 0.6 is 31.9 Å². The van der Waals surface area contributed by atoms with E-state index >= 15 is 0 Å². The molecule has 0 aliphatic rings. The molecule has 1 rings (SSSR count). The Morgan fingerprint density at radius 3 is 2.18 bits per heavy atom. The first-order chi connectivity index (χ1) is 9.87. The Bertz CT molecular complexity index is 599. The molecule has 0 aliphatic carbocycles. The van der Waals surface area contributed by atoms with E-state index in [1.807, 2.05) is 0 Å². The molecular weight excluding hydrogens is 420 g/mol. The topological polar surface area (TPSA) is 95.4 Å². The van der Waals surface area contributed by atoms with Crippen molar-refractivity contribution >= 4 is 49.7 Å². The number of carbonyl (C=O) groups excluding carboxylic acids is 1. The predicted octanol–water partition coefficient (Wildman–Crippen LogP) is 3.50. The molecular formula is C13H18Br2N4O3. The fraction of sp³-hybridized carbons (Fsp3) is 0.538. The largest absolute Gasteiger partial charge is 0.465 e. The Morgan fingerprint density at radius 2 is 1.77 bits per heavy atom. The molecule has 1 heterocycles. The van der Waals surface area contributed by atoms with E-state index in [4.69, 9.17) is 0 Å². The summed E-state index contributed by atoms with van der Waals surface area (Å²) in [6.45, 7) is 8.27. The molecule has 22 heavy (non-hydrogen) atoms. The van der Waals surface area contributed by atoms with Crippen LogP contribution in [0.4, 0.5) is 10.6 Å². The summed E-state index contributed by atoms with van der Waals surface area (Å²) in [5.74, 6) is -0.275. The summed E-state index contributed by atoms with van der Waals surface area (Å²) in [7, 11) is 0. The molecule has 2 amide bonds. The van der Waals surface area contributed by atoms with Crippen LogP contribution in [0.1, 0.15) is 34.6 Å². The molecule has 0 atom stereocenters. The van der Waals surface area contributed by atoms with E-state index in [1.54, 1.807) is 34.6 Å². The van der Waals surface area contributed by atoms with Gasteiger partial charge in [-0.1, -0.05) is 0 Å². The van der Waals surface area contributed by atoms with Gasteiger partial charge in [0, 0.05) is 5.54 Å². The molecule has 0 saturated carbocycles. The molecule has 0 radical (unpaired) electrons. The van der Waals surface area contributed by atoms with E-state index in [2.05, 4.69) is 47.1 Å². The van der Waals surface area contributed by atoms with Crippen LogP contribution in [0.25, 0.3) is 0 Å². The van der Waals surface area contributed by atoms with Crippen LogP contribution in [0.5, 0.6) is 0 Å². The minimum Gasteiger partial charge on any atom is -0.465 e. The van der Waals surface area contributed by atoms with E-state index < -0.39 is 23.1 Å². The van der Waals surface area contributed by atoms with Crippen molar-refractivity contribution in [3.8, 4) is 0 Å². The van der Waals surface area contributed by atoms with Gasteiger partial charge in [0.1, 0.15) is 14.7 Å². The van der Waals surface area contributed by atoms with Crippen LogP contribution in [0.2, 0.25) is 0 Å². The van der Waals surface area contributed by atoms with Gasteiger partial charge < -0.3 is 10.4 Å². The molecule has 0 spiro atoms. The average molecular weight is 438 g/mol. The second-order valence-corrected chi connectivity index (χ2v) is 7.70. The summed E-state index contributed by atoms with van der Waals surface area (Å²) < 4.78 is 0.863. The Morgan fingerprint density at radius 1 is 1.23 bits per heavy atom. The lowest BCUT2D eigenvalue weighted by atomic mass is 9.94. The lowest BCUT2D eigenvalue weighted by Gasteiger charge is -2.43. The molecule has 0 unspecified atom stereocenters. The number of rotatable bonds is 3. The maximum absolute atomic E-state index is 12.5. The van der Waals surface area contributed by atoms with Crippen LogP contribution in [-0.4, -0.2) is 43.1 Å². The molecule has 0 aromatic carbocycles. The summed E-state index contributed by atoms with van der Waals surface area (Å²) in [6.07, 6.45) is 0.264. The molecule has 2 N–H and O–H groups in total. The number of hydrogen-bond donors (Lipinski definition) is 2. The van der Waals surface area contributed by atoms with Crippen molar-refractivity contribution in [3.63, 3.8) is 0 Å². The number of hydrogen-bond acceptors (Lipinski definition) is 4. The number of amides is 2. The molecule has 7 nitrogen and oxygen atoms in total. The normalized spacial score (nSPS) is 12.0. The van der Waals surface area contributed by atoms with Crippen molar-refractivity contribution < 1.29 is 14.7 Å². The first-order valence-electron chi connectivity index (χ1n) is 6.40. The highest BCUT2D eigenvalue weighted by atomic mass is 79.9. The van der Waals surface area contributed by atoms with Crippen molar-refractivity contribution in [1.29, 1.82) is 0 Å². The van der Waals surface area contributed by atoms with Gasteiger partial charge in [0.2, 0.25) is 0 Å². The zero-order valence-electron chi connectivity index (χ0n) is 12.9. The molecule has 0 saturated heterocycles. The maximum atomic E-state index is 12.5. The van der Waals surface area contributed by atoms with Crippen LogP contribution < -0.4 is 5.32 Å². The molecule has 1 aromatic heterocycles. The Kier molecular flexibility index (Phi) is 5.56. The first-order valence-corrected chi connectivity index (χ1v) is 7.98. The minimum absolute atomic E-state index is 0.223. The van der Waals surface area contributed by atoms with Crippen LogP contribution in [0, 0.1) is 0 Å². The summed E-state index contributed by atoms with van der Waals surface area (Å²) in [5.41, 5.74) is -2.03. The molecule has 122 valence electrons. The number of aromatic nitrogens is 2. The average Bonchev–Trinajstić information content (AvgIpc) is 2.29. The van der Waals surface area contributed by atoms with Crippen LogP contribution in [0.3, 0.4) is 0 Å². The molecule has 1 aromatic rings. The predicted molar refractivity (Wildman–Crippen MR) is 89.8 cm³/mol. The highest BCUT2D eigenvalue weighted by Crippen LogP contribution is 2.28. The maximum Gasteiger partial charge on any atom is 0.408 e. The van der Waals surface area contributed by atoms with Gasteiger partial charge in [-0.3, -0.25) is 9.69 Å². The SMILES string of the molecule is CC(C)(C)N(C(=O)O)C(C)(C)C(=O)Nc1ncc(Br)nc1Br. The summed E-state index contributed by atoms with van der Waals surface area (Å²) >= 11 is 6.37. The van der Waals surface area contributed by atoms with Gasteiger partial charge in [0.15, 0.2) is 5.82 Å². The smallest absolute Gasteiger partial charge is 0.408 e. The standard InChI is InChI=1S/C13H18Br2N4O3/c1-12(2,3)19(11(21)22)13(4,5)10(20)18-9-8(15)17-7(14)6-16-9/h6H,1-5H3,(H,21,22)(H,16,18,20). The first kappa shape index (κ1) is 18.8. The lowest BCUT2D eigenvalue weighted by molar-refractivity contribution is -0.128. The van der Waals surface area contributed by atoms with Gasteiger partial charge in [-0.05, 0) is 66.5 Å². The number of carboxylic acid groups (broad SMARTS) is 1. The quantitative estimate of drug-likeness (QED) is 0.754. The monoisotopic (exact) mass is 436 g/mol. The summed E-state index contributed by atoms with van der Waals surface area (Å²) in [6, 6.07) is 0. The third kappa shape index (κ3) is 4.16. The van der Waals surface area contributed by atoms with E-state index in [0.29, 0.717) is 9.21 Å². The molecule has 9 heteroatoms. The number of carbonyl (C=O) groups is 2. The Labute approximate surface area is 145 Å². The van der Waals surface area contributed by atoms with Gasteiger partial charge >= 0.3 is 6.09 Å². The zero-order chi connectivity index (χ0) is 17.3. The zero-order valence-corrected chi connectivity index (χ0v) is 16.1. The fourth-order valence-electron chi connectivity index (χ4n) is 2.16. The van der Waals surface area contributed by atoms with E-state index in [-0.39, 0.29) is 5.82 Å². The lowest BCUT2D eigenvalue weighted by Crippen LogP contribution is -2.61. The van der Waals surface area contributed by atoms with E-state index in [0.717, 1.165) is 4.90 Å². The van der Waals surface area contributed by atoms with Crippen molar-refractivity contribution in [3.05, 3.63) is 15.4 Å². The second kappa shape index (κ2) is 6.49. The van der Waals surface area contributed by atoms with Crippen molar-refractivity contribution in [2.24, 2.45) is 0 Å². The van der Waals surface area contributed by atoms with Crippen molar-refractivity contribution in [1.82, 2.24) is 14.9 Å². The van der Waals surface area contributed by atoms with Gasteiger partial charge in [0.25, 0.3) is 5.91 Å². The van der Waals surface area contributed by atoms with Gasteiger partial charge in [-0.25, -0.2) is 14.8 Å². The van der Waals surface area contributed by atoms with Gasteiger partial charge in [-0.2, -0.15) is 0 Å². The molecule has 0 fully saturated rings. The summed E-state index contributed by atoms with van der Waals surface area (Å²) in [4.78, 5) is 33.3. The summed E-state index contributed by atoms with van der Waals surface area (Å²) in [5, 5.41) is 12.1. The minimum atomic E-state index is -1.29. The third-order valence-corrected chi connectivity index (χ3v) is 3.84. The van der Waals surface area contributed by atoms with Crippen molar-refractivity contribution in [2.45, 2.75) is 45.7 Å².